The molecule has 2 N–H and O–H groups in total. The van der Waals surface area contributed by atoms with Crippen molar-refractivity contribution in [2.45, 2.75) is 13.3 Å². The molecule has 0 saturated carbocycles. The van der Waals surface area contributed by atoms with E-state index in [0.717, 1.165) is 12.2 Å². The van der Waals surface area contributed by atoms with E-state index in [9.17, 15) is 0 Å². The summed E-state index contributed by atoms with van der Waals surface area (Å²) in [5.74, 6) is 1.33. The second-order valence-corrected chi connectivity index (χ2v) is 4.95. The Bertz CT molecular complexity index is 769. The molecule has 0 radical (unpaired) electrons. The summed E-state index contributed by atoms with van der Waals surface area (Å²) in [4.78, 5) is 16.0. The third kappa shape index (κ3) is 2.30. The Morgan fingerprint density at radius 2 is 2.10 bits per heavy atom. The van der Waals surface area contributed by atoms with Crippen LogP contribution in [0.15, 0.2) is 24.5 Å². The fraction of sp³-hybridized carbons (Fsp3) is 0.154. The maximum Gasteiger partial charge on any atom is 0.163 e. The molecule has 0 saturated heterocycles. The predicted molar refractivity (Wildman–Crippen MR) is 80.8 cm³/mol. The van der Waals surface area contributed by atoms with Gasteiger partial charge < -0.3 is 10.3 Å². The van der Waals surface area contributed by atoms with E-state index in [1.165, 1.54) is 0 Å². The SMILES string of the molecule is CCc1nc(Nc2cccc(Cl)c2Cl)c2nc[nH]c2n1. The lowest BCUT2D eigenvalue weighted by Gasteiger charge is -2.09. The van der Waals surface area contributed by atoms with Crippen molar-refractivity contribution in [2.75, 3.05) is 5.32 Å². The lowest BCUT2D eigenvalue weighted by atomic mass is 10.3. The zero-order valence-corrected chi connectivity index (χ0v) is 12.1. The predicted octanol–water partition coefficient (Wildman–Crippen LogP) is 3.97. The van der Waals surface area contributed by atoms with Gasteiger partial charge in [0.15, 0.2) is 17.0 Å². The first-order valence-electron chi connectivity index (χ1n) is 6.10. The van der Waals surface area contributed by atoms with Crippen LogP contribution < -0.4 is 5.32 Å². The van der Waals surface area contributed by atoms with Crippen LogP contribution in [0.1, 0.15) is 12.7 Å². The van der Waals surface area contributed by atoms with Crippen LogP contribution in [0.3, 0.4) is 0 Å². The van der Waals surface area contributed by atoms with Gasteiger partial charge in [-0.1, -0.05) is 36.2 Å². The lowest BCUT2D eigenvalue weighted by molar-refractivity contribution is 0.958. The number of benzene rings is 1. The fourth-order valence-electron chi connectivity index (χ4n) is 1.86. The van der Waals surface area contributed by atoms with Gasteiger partial charge in [0.2, 0.25) is 0 Å². The van der Waals surface area contributed by atoms with Gasteiger partial charge in [-0.15, -0.1) is 0 Å². The van der Waals surface area contributed by atoms with E-state index in [0.29, 0.717) is 32.7 Å². The number of aromatic amines is 1. The Hall–Kier alpha value is -1.85. The Kier molecular flexibility index (Phi) is 3.46. The molecular weight excluding hydrogens is 297 g/mol. The smallest absolute Gasteiger partial charge is 0.163 e. The monoisotopic (exact) mass is 307 g/mol. The number of aryl methyl sites for hydroxylation is 1. The quantitative estimate of drug-likeness (QED) is 0.768. The molecule has 0 aliphatic heterocycles. The first-order chi connectivity index (χ1) is 9.69. The van der Waals surface area contributed by atoms with Gasteiger partial charge in [-0.3, -0.25) is 0 Å². The molecule has 2 aromatic heterocycles. The third-order valence-corrected chi connectivity index (χ3v) is 3.67. The zero-order valence-electron chi connectivity index (χ0n) is 10.6. The van der Waals surface area contributed by atoms with E-state index >= 15 is 0 Å². The molecule has 3 rings (SSSR count). The van der Waals surface area contributed by atoms with Crippen molar-refractivity contribution in [1.29, 1.82) is 0 Å². The number of aromatic nitrogens is 4. The summed E-state index contributed by atoms with van der Waals surface area (Å²) < 4.78 is 0. The largest absolute Gasteiger partial charge is 0.337 e. The zero-order chi connectivity index (χ0) is 14.1. The van der Waals surface area contributed by atoms with Gasteiger partial charge in [0, 0.05) is 6.42 Å². The Morgan fingerprint density at radius 3 is 2.90 bits per heavy atom. The molecule has 0 fully saturated rings. The molecule has 7 heteroatoms. The van der Waals surface area contributed by atoms with Gasteiger partial charge in [0.05, 0.1) is 22.1 Å². The van der Waals surface area contributed by atoms with Gasteiger partial charge in [-0.2, -0.15) is 0 Å². The van der Waals surface area contributed by atoms with E-state index in [1.807, 2.05) is 19.1 Å². The number of H-pyrrole nitrogens is 1. The number of fused-ring (bicyclic) bond motifs is 1. The number of nitrogens with one attached hydrogen (secondary N) is 2. The van der Waals surface area contributed by atoms with E-state index in [1.54, 1.807) is 12.4 Å². The van der Waals surface area contributed by atoms with Crippen molar-refractivity contribution in [2.24, 2.45) is 0 Å². The highest BCUT2D eigenvalue weighted by molar-refractivity contribution is 6.43. The van der Waals surface area contributed by atoms with Gasteiger partial charge in [-0.25, -0.2) is 15.0 Å². The summed E-state index contributed by atoms with van der Waals surface area (Å²) in [5, 5.41) is 4.11. The topological polar surface area (TPSA) is 66.5 Å². The van der Waals surface area contributed by atoms with Crippen LogP contribution in [0.25, 0.3) is 11.2 Å². The van der Waals surface area contributed by atoms with E-state index in [4.69, 9.17) is 23.2 Å². The van der Waals surface area contributed by atoms with Gasteiger partial charge in [-0.05, 0) is 12.1 Å². The van der Waals surface area contributed by atoms with Crippen molar-refractivity contribution in [3.8, 4) is 0 Å². The number of hydrogen-bond donors (Lipinski definition) is 2. The van der Waals surface area contributed by atoms with Gasteiger partial charge in [0.25, 0.3) is 0 Å². The van der Waals surface area contributed by atoms with Crippen LogP contribution in [0, 0.1) is 0 Å². The van der Waals surface area contributed by atoms with Crippen LogP contribution in [0.5, 0.6) is 0 Å². The summed E-state index contributed by atoms with van der Waals surface area (Å²) in [6.07, 6.45) is 2.32. The van der Waals surface area contributed by atoms with E-state index < -0.39 is 0 Å². The van der Waals surface area contributed by atoms with Crippen LogP contribution in [-0.2, 0) is 6.42 Å². The van der Waals surface area contributed by atoms with Crippen LogP contribution in [0.4, 0.5) is 11.5 Å². The number of halogens is 2. The van der Waals surface area contributed by atoms with E-state index in [2.05, 4.69) is 25.3 Å². The van der Waals surface area contributed by atoms with Crippen LogP contribution >= 0.6 is 23.2 Å². The number of nitrogens with zero attached hydrogens (tertiary/aromatic N) is 3. The number of anilines is 2. The van der Waals surface area contributed by atoms with Crippen molar-refractivity contribution in [3.63, 3.8) is 0 Å². The lowest BCUT2D eigenvalue weighted by Crippen LogP contribution is -2.01. The van der Waals surface area contributed by atoms with Crippen LogP contribution in [0.2, 0.25) is 10.0 Å². The first kappa shape index (κ1) is 13.1. The maximum absolute atomic E-state index is 6.18. The number of imidazole rings is 1. The highest BCUT2D eigenvalue weighted by atomic mass is 35.5. The first-order valence-corrected chi connectivity index (χ1v) is 6.85. The molecule has 102 valence electrons. The molecule has 3 aromatic rings. The van der Waals surface area contributed by atoms with Crippen molar-refractivity contribution >= 4 is 45.9 Å². The second-order valence-electron chi connectivity index (χ2n) is 4.17. The standard InChI is InChI=1S/C13H11Cl2N5/c1-2-9-19-12-11(16-6-17-12)13(20-9)18-8-5-3-4-7(14)10(8)15/h3-6H,2H2,1H3,(H2,16,17,18,19,20). The number of rotatable bonds is 3. The minimum absolute atomic E-state index is 0.453. The second kappa shape index (κ2) is 5.26. The molecule has 1 aromatic carbocycles. The molecule has 0 amide bonds. The average molecular weight is 308 g/mol. The Labute approximate surface area is 125 Å². The normalized spacial score (nSPS) is 10.9. The molecule has 0 atom stereocenters. The van der Waals surface area contributed by atoms with Gasteiger partial charge >= 0.3 is 0 Å². The molecule has 0 aliphatic carbocycles. The van der Waals surface area contributed by atoms with Crippen molar-refractivity contribution < 1.29 is 0 Å². The molecular formula is C13H11Cl2N5. The minimum Gasteiger partial charge on any atom is -0.337 e. The average Bonchev–Trinajstić information content (AvgIpc) is 2.92. The third-order valence-electron chi connectivity index (χ3n) is 2.85. The fourth-order valence-corrected chi connectivity index (χ4v) is 2.20. The number of hydrogen-bond acceptors (Lipinski definition) is 4. The highest BCUT2D eigenvalue weighted by Gasteiger charge is 2.12. The summed E-state index contributed by atoms with van der Waals surface area (Å²) >= 11 is 12.2. The highest BCUT2D eigenvalue weighted by Crippen LogP contribution is 2.32. The summed E-state index contributed by atoms with van der Waals surface area (Å²) in [6.45, 7) is 1.99. The molecule has 0 unspecified atom stereocenters. The maximum atomic E-state index is 6.18. The molecule has 5 nitrogen and oxygen atoms in total. The molecule has 0 bridgehead atoms. The Morgan fingerprint density at radius 1 is 1.25 bits per heavy atom. The summed E-state index contributed by atoms with van der Waals surface area (Å²) in [6, 6.07) is 5.39. The minimum atomic E-state index is 0.453. The molecule has 0 aliphatic rings. The summed E-state index contributed by atoms with van der Waals surface area (Å²) in [5.41, 5.74) is 2.04. The molecule has 0 spiro atoms. The summed E-state index contributed by atoms with van der Waals surface area (Å²) in [7, 11) is 0. The Balaban J connectivity index is 2.10. The van der Waals surface area contributed by atoms with E-state index in [-0.39, 0.29) is 0 Å². The van der Waals surface area contributed by atoms with Crippen molar-refractivity contribution in [3.05, 3.63) is 40.4 Å². The molecule has 2 heterocycles. The molecule has 20 heavy (non-hydrogen) atoms. The van der Waals surface area contributed by atoms with Crippen LogP contribution in [-0.4, -0.2) is 19.9 Å². The van der Waals surface area contributed by atoms with Crippen molar-refractivity contribution in [1.82, 2.24) is 19.9 Å². The van der Waals surface area contributed by atoms with Gasteiger partial charge in [0.1, 0.15) is 5.82 Å².